The zero-order valence-corrected chi connectivity index (χ0v) is 10.6. The fourth-order valence-corrected chi connectivity index (χ4v) is 2.16. The van der Waals surface area contributed by atoms with E-state index < -0.39 is 5.97 Å². The highest BCUT2D eigenvalue weighted by atomic mass is 35.5. The molecule has 0 aliphatic carbocycles. The molecule has 1 heterocycles. The highest BCUT2D eigenvalue weighted by molar-refractivity contribution is 6.30. The Morgan fingerprint density at radius 1 is 1.28 bits per heavy atom. The van der Waals surface area contributed by atoms with Crippen molar-refractivity contribution < 1.29 is 14.7 Å². The third kappa shape index (κ3) is 3.23. The van der Waals surface area contributed by atoms with Crippen LogP contribution in [0.15, 0.2) is 24.3 Å². The quantitative estimate of drug-likeness (QED) is 0.905. The zero-order valence-electron chi connectivity index (χ0n) is 9.80. The Labute approximate surface area is 110 Å². The van der Waals surface area contributed by atoms with Crippen LogP contribution >= 0.6 is 11.6 Å². The van der Waals surface area contributed by atoms with Crippen molar-refractivity contribution in [1.29, 1.82) is 0 Å². The molecule has 1 fully saturated rings. The number of likely N-dealkylation sites (tertiary alicyclic amines) is 1. The minimum absolute atomic E-state index is 0.0407. The Bertz CT molecular complexity index is 452. The molecule has 96 valence electrons. The average Bonchev–Trinajstić information content (AvgIpc) is 2.25. The molecule has 1 aromatic rings. The number of amides is 1. The molecule has 0 spiro atoms. The van der Waals surface area contributed by atoms with Gasteiger partial charge in [0.2, 0.25) is 5.91 Å². The molecule has 4 nitrogen and oxygen atoms in total. The molecule has 1 saturated heterocycles. The van der Waals surface area contributed by atoms with Crippen molar-refractivity contribution in [2.24, 2.45) is 5.92 Å². The lowest BCUT2D eigenvalue weighted by Crippen LogP contribution is -2.51. The van der Waals surface area contributed by atoms with Crippen LogP contribution < -0.4 is 0 Å². The summed E-state index contributed by atoms with van der Waals surface area (Å²) in [4.78, 5) is 24.0. The summed E-state index contributed by atoms with van der Waals surface area (Å²) in [5.41, 5.74) is 0.922. The number of hydrogen-bond donors (Lipinski definition) is 1. The lowest BCUT2D eigenvalue weighted by molar-refractivity contribution is -0.144. The lowest BCUT2D eigenvalue weighted by Gasteiger charge is -2.38. The van der Waals surface area contributed by atoms with Gasteiger partial charge in [0.15, 0.2) is 0 Å². The summed E-state index contributed by atoms with van der Waals surface area (Å²) < 4.78 is 0. The predicted molar refractivity (Wildman–Crippen MR) is 67.5 cm³/mol. The van der Waals surface area contributed by atoms with Crippen LogP contribution in [0, 0.1) is 5.92 Å². The smallest absolute Gasteiger partial charge is 0.303 e. The minimum Gasteiger partial charge on any atom is -0.481 e. The van der Waals surface area contributed by atoms with Crippen molar-refractivity contribution in [3.05, 3.63) is 34.9 Å². The zero-order chi connectivity index (χ0) is 13.1. The van der Waals surface area contributed by atoms with Crippen molar-refractivity contribution in [3.63, 3.8) is 0 Å². The Morgan fingerprint density at radius 3 is 2.44 bits per heavy atom. The van der Waals surface area contributed by atoms with Gasteiger partial charge < -0.3 is 10.0 Å². The van der Waals surface area contributed by atoms with Crippen molar-refractivity contribution in [2.45, 2.75) is 12.8 Å². The van der Waals surface area contributed by atoms with E-state index in [0.29, 0.717) is 24.5 Å². The summed E-state index contributed by atoms with van der Waals surface area (Å²) in [5.74, 6) is -0.652. The molecule has 18 heavy (non-hydrogen) atoms. The number of carbonyl (C=O) groups excluding carboxylic acids is 1. The maximum atomic E-state index is 11.9. The van der Waals surface area contributed by atoms with Gasteiger partial charge >= 0.3 is 5.97 Å². The maximum absolute atomic E-state index is 11.9. The molecule has 0 atom stereocenters. The minimum atomic E-state index is -0.801. The first-order valence-corrected chi connectivity index (χ1v) is 6.16. The summed E-state index contributed by atoms with van der Waals surface area (Å²) in [6, 6.07) is 7.17. The van der Waals surface area contributed by atoms with Crippen LogP contribution in [0.2, 0.25) is 5.02 Å². The number of benzene rings is 1. The number of nitrogens with zero attached hydrogens (tertiary/aromatic N) is 1. The number of halogens is 1. The Morgan fingerprint density at radius 2 is 1.89 bits per heavy atom. The van der Waals surface area contributed by atoms with Crippen molar-refractivity contribution in [1.82, 2.24) is 4.90 Å². The summed E-state index contributed by atoms with van der Waals surface area (Å²) in [5, 5.41) is 9.27. The predicted octanol–water partition coefficient (Wildman–Crippen LogP) is 1.82. The first-order chi connectivity index (χ1) is 8.54. The molecule has 1 aliphatic heterocycles. The first kappa shape index (κ1) is 12.9. The van der Waals surface area contributed by atoms with Crippen molar-refractivity contribution >= 4 is 23.5 Å². The SMILES string of the molecule is O=C(O)CC1CN(C(=O)Cc2ccc(Cl)cc2)C1. The van der Waals surface area contributed by atoms with E-state index in [4.69, 9.17) is 16.7 Å². The Balaban J connectivity index is 1.80. The average molecular weight is 268 g/mol. The number of aliphatic carboxylic acids is 1. The molecule has 0 radical (unpaired) electrons. The molecule has 1 N–H and O–H groups in total. The summed E-state index contributed by atoms with van der Waals surface area (Å²) in [6.07, 6.45) is 0.488. The van der Waals surface area contributed by atoms with Gasteiger partial charge in [-0.2, -0.15) is 0 Å². The largest absolute Gasteiger partial charge is 0.481 e. The van der Waals surface area contributed by atoms with Gasteiger partial charge in [0, 0.05) is 24.0 Å². The highest BCUT2D eigenvalue weighted by Crippen LogP contribution is 2.20. The third-order valence-corrected chi connectivity index (χ3v) is 3.29. The van der Waals surface area contributed by atoms with E-state index in [2.05, 4.69) is 0 Å². The molecule has 1 aromatic carbocycles. The van der Waals surface area contributed by atoms with E-state index in [1.807, 2.05) is 12.1 Å². The second kappa shape index (κ2) is 5.40. The van der Waals surface area contributed by atoms with E-state index in [9.17, 15) is 9.59 Å². The second-order valence-corrected chi connectivity index (χ2v) is 5.00. The van der Waals surface area contributed by atoms with E-state index in [1.54, 1.807) is 17.0 Å². The molecule has 2 rings (SSSR count). The van der Waals surface area contributed by atoms with Crippen LogP contribution in [0.4, 0.5) is 0 Å². The number of carboxylic acid groups (broad SMARTS) is 1. The normalized spacial score (nSPS) is 15.3. The van der Waals surface area contributed by atoms with E-state index in [0.717, 1.165) is 5.56 Å². The van der Waals surface area contributed by atoms with Gasteiger partial charge in [-0.1, -0.05) is 23.7 Å². The number of hydrogen-bond acceptors (Lipinski definition) is 2. The second-order valence-electron chi connectivity index (χ2n) is 4.57. The molecule has 0 unspecified atom stereocenters. The number of carbonyl (C=O) groups is 2. The molecule has 1 amide bonds. The lowest BCUT2D eigenvalue weighted by atomic mass is 9.95. The van der Waals surface area contributed by atoms with Crippen LogP contribution in [-0.2, 0) is 16.0 Å². The summed E-state index contributed by atoms with van der Waals surface area (Å²) >= 11 is 5.77. The first-order valence-electron chi connectivity index (χ1n) is 5.78. The molecule has 5 heteroatoms. The van der Waals surface area contributed by atoms with E-state index >= 15 is 0 Å². The standard InChI is InChI=1S/C13H14ClNO3/c14-11-3-1-9(2-4-11)5-12(16)15-7-10(8-15)6-13(17)18/h1-4,10H,5-8H2,(H,17,18). The molecule has 1 aliphatic rings. The number of rotatable bonds is 4. The third-order valence-electron chi connectivity index (χ3n) is 3.04. The summed E-state index contributed by atoms with van der Waals surface area (Å²) in [6.45, 7) is 1.11. The van der Waals surface area contributed by atoms with Crippen LogP contribution in [0.3, 0.4) is 0 Å². The molecular formula is C13H14ClNO3. The van der Waals surface area contributed by atoms with Gasteiger partial charge in [0.05, 0.1) is 12.8 Å². The van der Waals surface area contributed by atoms with Gasteiger partial charge in [-0.25, -0.2) is 0 Å². The monoisotopic (exact) mass is 267 g/mol. The van der Waals surface area contributed by atoms with Crippen LogP contribution in [0.25, 0.3) is 0 Å². The van der Waals surface area contributed by atoms with Crippen LogP contribution in [-0.4, -0.2) is 35.0 Å². The van der Waals surface area contributed by atoms with Gasteiger partial charge in [-0.05, 0) is 17.7 Å². The van der Waals surface area contributed by atoms with Gasteiger partial charge in [-0.15, -0.1) is 0 Å². The van der Waals surface area contributed by atoms with Crippen molar-refractivity contribution in [2.75, 3.05) is 13.1 Å². The number of carboxylic acids is 1. The Hall–Kier alpha value is -1.55. The fourth-order valence-electron chi connectivity index (χ4n) is 2.04. The molecule has 0 bridgehead atoms. The molecule has 0 saturated carbocycles. The topological polar surface area (TPSA) is 57.6 Å². The van der Waals surface area contributed by atoms with Gasteiger partial charge in [-0.3, -0.25) is 9.59 Å². The molecular weight excluding hydrogens is 254 g/mol. The van der Waals surface area contributed by atoms with Crippen LogP contribution in [0.1, 0.15) is 12.0 Å². The van der Waals surface area contributed by atoms with Gasteiger partial charge in [0.1, 0.15) is 0 Å². The van der Waals surface area contributed by atoms with Crippen molar-refractivity contribution in [3.8, 4) is 0 Å². The maximum Gasteiger partial charge on any atom is 0.303 e. The van der Waals surface area contributed by atoms with E-state index in [1.165, 1.54) is 0 Å². The van der Waals surface area contributed by atoms with Gasteiger partial charge in [0.25, 0.3) is 0 Å². The van der Waals surface area contributed by atoms with Crippen LogP contribution in [0.5, 0.6) is 0 Å². The highest BCUT2D eigenvalue weighted by Gasteiger charge is 2.31. The fraction of sp³-hybridized carbons (Fsp3) is 0.385. The van der Waals surface area contributed by atoms with E-state index in [-0.39, 0.29) is 18.2 Å². The molecule has 0 aromatic heterocycles. The Kier molecular flexibility index (Phi) is 3.87. The summed E-state index contributed by atoms with van der Waals surface area (Å²) in [7, 11) is 0.